The average Bonchev–Trinajstić information content (AvgIpc) is 3.27. The van der Waals surface area contributed by atoms with E-state index in [-0.39, 0.29) is 30.4 Å². The van der Waals surface area contributed by atoms with Crippen LogP contribution in [0.4, 0.5) is 5.95 Å². The predicted molar refractivity (Wildman–Crippen MR) is 104 cm³/mol. The molecule has 3 aromatic rings. The van der Waals surface area contributed by atoms with Gasteiger partial charge in [-0.1, -0.05) is 5.16 Å². The van der Waals surface area contributed by atoms with E-state index in [0.29, 0.717) is 37.9 Å². The maximum Gasteiger partial charge on any atom is 0.261 e. The number of nitrogens with zero attached hydrogens (tertiary/aromatic N) is 3. The van der Waals surface area contributed by atoms with Crippen molar-refractivity contribution < 1.29 is 19.5 Å². The third kappa shape index (κ3) is 3.18. The average molecular weight is 399 g/mol. The number of hydrogen-bond donors (Lipinski definition) is 3. The number of ether oxygens (including phenoxy) is 2. The molecule has 10 heteroatoms. The fraction of sp³-hybridized carbons (Fsp3) is 0.222. The molecule has 0 bridgehead atoms. The summed E-state index contributed by atoms with van der Waals surface area (Å²) in [5, 5.41) is 16.5. The van der Waals surface area contributed by atoms with Crippen molar-refractivity contribution in [2.45, 2.75) is 19.9 Å². The highest BCUT2D eigenvalue weighted by Crippen LogP contribution is 2.34. The summed E-state index contributed by atoms with van der Waals surface area (Å²) in [6.07, 6.45) is 0. The molecule has 144 valence electrons. The monoisotopic (exact) mass is 399 g/mol. The van der Waals surface area contributed by atoms with Gasteiger partial charge in [0.15, 0.2) is 11.5 Å². The number of hydrogen-bond acceptors (Lipinski definition) is 9. The van der Waals surface area contributed by atoms with Crippen LogP contribution in [0.3, 0.4) is 0 Å². The van der Waals surface area contributed by atoms with Crippen molar-refractivity contribution in [1.82, 2.24) is 15.3 Å². The van der Waals surface area contributed by atoms with Crippen LogP contribution in [0.15, 0.2) is 29.4 Å². The normalized spacial score (nSPS) is 13.3. The highest BCUT2D eigenvalue weighted by atomic mass is 32.1. The van der Waals surface area contributed by atoms with Gasteiger partial charge in [0.05, 0.1) is 4.88 Å². The zero-order chi connectivity index (χ0) is 19.8. The Bertz CT molecular complexity index is 1110. The number of benzene rings is 1. The topological polar surface area (TPSA) is 132 Å². The second kappa shape index (κ2) is 6.97. The van der Waals surface area contributed by atoms with Crippen LogP contribution < -0.4 is 20.5 Å². The van der Waals surface area contributed by atoms with Crippen molar-refractivity contribution in [1.29, 1.82) is 0 Å². The van der Waals surface area contributed by atoms with Crippen LogP contribution in [0, 0.1) is 0 Å². The van der Waals surface area contributed by atoms with E-state index >= 15 is 0 Å². The van der Waals surface area contributed by atoms with Gasteiger partial charge in [0, 0.05) is 17.0 Å². The van der Waals surface area contributed by atoms with E-state index in [4.69, 9.17) is 15.2 Å². The third-order valence-electron chi connectivity index (χ3n) is 4.02. The molecule has 0 saturated heterocycles. The first-order chi connectivity index (χ1) is 13.5. The van der Waals surface area contributed by atoms with Crippen LogP contribution in [0.2, 0.25) is 0 Å². The molecular formula is C18H17N5O4S. The lowest BCUT2D eigenvalue weighted by molar-refractivity contribution is 0.0947. The molecule has 0 atom stereocenters. The molecule has 0 saturated carbocycles. The fourth-order valence-corrected chi connectivity index (χ4v) is 3.79. The lowest BCUT2D eigenvalue weighted by Gasteiger charge is -2.07. The van der Waals surface area contributed by atoms with Gasteiger partial charge in [-0.25, -0.2) is 9.97 Å². The molecule has 1 aromatic carbocycles. The van der Waals surface area contributed by atoms with Gasteiger partial charge in [0.2, 0.25) is 12.7 Å². The summed E-state index contributed by atoms with van der Waals surface area (Å²) >= 11 is 1.19. The zero-order valence-electron chi connectivity index (χ0n) is 15.1. The molecule has 1 aliphatic rings. The first-order valence-corrected chi connectivity index (χ1v) is 9.28. The number of nitrogen functional groups attached to an aromatic ring is 1. The van der Waals surface area contributed by atoms with E-state index in [1.54, 1.807) is 24.3 Å². The number of rotatable bonds is 4. The van der Waals surface area contributed by atoms with E-state index in [1.165, 1.54) is 11.3 Å². The number of fused-ring (bicyclic) bond motifs is 2. The van der Waals surface area contributed by atoms with Crippen LogP contribution in [0.5, 0.6) is 11.5 Å². The molecule has 0 unspecified atom stereocenters. The number of anilines is 1. The molecule has 1 aliphatic heterocycles. The van der Waals surface area contributed by atoms with Crippen molar-refractivity contribution in [3.63, 3.8) is 0 Å². The summed E-state index contributed by atoms with van der Waals surface area (Å²) in [4.78, 5) is 21.8. The van der Waals surface area contributed by atoms with Crippen molar-refractivity contribution in [2.75, 3.05) is 12.5 Å². The summed E-state index contributed by atoms with van der Waals surface area (Å²) in [6.45, 7) is 3.89. The Morgan fingerprint density at radius 3 is 2.82 bits per heavy atom. The number of carbonyl (C=O) groups excluding carboxylic acids is 1. The highest BCUT2D eigenvalue weighted by molar-refractivity contribution is 7.20. The summed E-state index contributed by atoms with van der Waals surface area (Å²) < 4.78 is 10.7. The lowest BCUT2D eigenvalue weighted by Crippen LogP contribution is -2.29. The minimum absolute atomic E-state index is 0.00321. The predicted octanol–water partition coefficient (Wildman–Crippen LogP) is 2.37. The molecule has 4 rings (SSSR count). The van der Waals surface area contributed by atoms with E-state index in [0.717, 1.165) is 0 Å². The minimum Gasteiger partial charge on any atom is -0.454 e. The smallest absolute Gasteiger partial charge is 0.261 e. The lowest BCUT2D eigenvalue weighted by atomic mass is 10.0. The molecule has 9 nitrogen and oxygen atoms in total. The quantitative estimate of drug-likeness (QED) is 0.348. The number of nitrogens with two attached hydrogens (primary N) is 1. The number of nitrogens with one attached hydrogen (secondary N) is 1. The molecular weight excluding hydrogens is 382 g/mol. The van der Waals surface area contributed by atoms with Crippen LogP contribution in [-0.4, -0.2) is 39.6 Å². The van der Waals surface area contributed by atoms with E-state index in [1.807, 2.05) is 13.8 Å². The Kier molecular flexibility index (Phi) is 4.47. The van der Waals surface area contributed by atoms with Gasteiger partial charge in [-0.15, -0.1) is 11.3 Å². The molecule has 1 amide bonds. The molecule has 4 N–H and O–H groups in total. The van der Waals surface area contributed by atoms with Crippen molar-refractivity contribution >= 4 is 39.1 Å². The first-order valence-electron chi connectivity index (χ1n) is 8.46. The van der Waals surface area contributed by atoms with Gasteiger partial charge in [-0.3, -0.25) is 4.79 Å². The number of oxime groups is 1. The maximum atomic E-state index is 12.4. The van der Waals surface area contributed by atoms with Crippen molar-refractivity contribution in [3.8, 4) is 11.5 Å². The second-order valence-electron chi connectivity index (χ2n) is 6.40. The maximum absolute atomic E-state index is 12.4. The van der Waals surface area contributed by atoms with Gasteiger partial charge >= 0.3 is 0 Å². The molecule has 3 heterocycles. The summed E-state index contributed by atoms with van der Waals surface area (Å²) in [5.41, 5.74) is 6.92. The standard InChI is InChI=1S/C18H17N5O4S/c1-8(2)20-16(24)13-6-10-15(21-18(19)22-17(10)28-13)14(23-25)9-3-4-11-12(5-9)27-7-26-11/h3-6,8,25H,7H2,1-2H3,(H,20,24)(H2,19,21,22)/b23-14-. The summed E-state index contributed by atoms with van der Waals surface area (Å²) in [6, 6.07) is 6.81. The van der Waals surface area contributed by atoms with Crippen LogP contribution >= 0.6 is 11.3 Å². The van der Waals surface area contributed by atoms with Crippen LogP contribution in [0.25, 0.3) is 10.2 Å². The first kappa shape index (κ1) is 18.0. The third-order valence-corrected chi connectivity index (χ3v) is 5.05. The number of aromatic nitrogens is 2. The SMILES string of the molecule is CC(C)NC(=O)c1cc2c(/C(=N\O)c3ccc4c(c3)OCO4)nc(N)nc2s1. The molecule has 0 spiro atoms. The molecule has 0 fully saturated rings. The van der Waals surface area contributed by atoms with Crippen LogP contribution in [0.1, 0.15) is 34.8 Å². The largest absolute Gasteiger partial charge is 0.454 e. The number of amides is 1. The Morgan fingerprint density at radius 2 is 2.07 bits per heavy atom. The van der Waals surface area contributed by atoms with Gasteiger partial charge in [-0.2, -0.15) is 0 Å². The van der Waals surface area contributed by atoms with E-state index < -0.39 is 0 Å². The summed E-state index contributed by atoms with van der Waals surface area (Å²) in [5.74, 6) is 0.950. The Labute approximate surface area is 163 Å². The van der Waals surface area contributed by atoms with Gasteiger partial charge in [0.1, 0.15) is 16.2 Å². The Hall–Kier alpha value is -3.40. The zero-order valence-corrected chi connectivity index (χ0v) is 15.9. The van der Waals surface area contributed by atoms with Gasteiger partial charge < -0.3 is 25.7 Å². The second-order valence-corrected chi connectivity index (χ2v) is 7.44. The van der Waals surface area contributed by atoms with Gasteiger partial charge in [0.25, 0.3) is 5.91 Å². The van der Waals surface area contributed by atoms with E-state index in [9.17, 15) is 10.0 Å². The molecule has 2 aromatic heterocycles. The van der Waals surface area contributed by atoms with Crippen molar-refractivity contribution in [3.05, 3.63) is 40.4 Å². The molecule has 0 aliphatic carbocycles. The molecule has 0 radical (unpaired) electrons. The van der Waals surface area contributed by atoms with Crippen LogP contribution in [-0.2, 0) is 0 Å². The molecule has 28 heavy (non-hydrogen) atoms. The number of thiophene rings is 1. The highest BCUT2D eigenvalue weighted by Gasteiger charge is 2.22. The Balaban J connectivity index is 1.82. The Morgan fingerprint density at radius 1 is 1.29 bits per heavy atom. The fourth-order valence-electron chi connectivity index (χ4n) is 2.85. The van der Waals surface area contributed by atoms with Crippen molar-refractivity contribution in [2.24, 2.45) is 5.16 Å². The van der Waals surface area contributed by atoms with Gasteiger partial charge in [-0.05, 0) is 38.1 Å². The summed E-state index contributed by atoms with van der Waals surface area (Å²) in [7, 11) is 0. The number of carbonyl (C=O) groups is 1. The van der Waals surface area contributed by atoms with E-state index in [2.05, 4.69) is 20.4 Å². The minimum atomic E-state index is -0.215.